The Kier molecular flexibility index (Phi) is 13.3. The van der Waals surface area contributed by atoms with E-state index in [4.69, 9.17) is 4.74 Å². The van der Waals surface area contributed by atoms with Crippen LogP contribution in [-0.4, -0.2) is 18.7 Å². The third-order valence-electron chi connectivity index (χ3n) is 4.87. The topological polar surface area (TPSA) is 46.0 Å². The highest BCUT2D eigenvalue weighted by Gasteiger charge is 2.07. The fraction of sp³-hybridized carbons (Fsp3) is 0.538. The van der Waals surface area contributed by atoms with Gasteiger partial charge in [0.1, 0.15) is 5.75 Å². The van der Waals surface area contributed by atoms with E-state index in [2.05, 4.69) is 55.4 Å². The molecule has 2 aromatic rings. The van der Waals surface area contributed by atoms with Crippen LogP contribution in [0, 0.1) is 0 Å². The van der Waals surface area contributed by atoms with E-state index in [-0.39, 0.29) is 22.5 Å². The van der Waals surface area contributed by atoms with Crippen LogP contribution in [0.15, 0.2) is 58.8 Å². The zero-order chi connectivity index (χ0) is 21.7. The molecule has 31 heavy (non-hydrogen) atoms. The minimum Gasteiger partial charge on any atom is -0.494 e. The lowest BCUT2D eigenvalue weighted by molar-refractivity contribution is 0.301. The first-order valence-corrected chi connectivity index (χ1v) is 11.4. The molecule has 5 heteroatoms. The van der Waals surface area contributed by atoms with E-state index >= 15 is 0 Å². The van der Waals surface area contributed by atoms with E-state index in [9.17, 15) is 0 Å². The molecule has 0 aliphatic heterocycles. The van der Waals surface area contributed by atoms with Gasteiger partial charge in [-0.1, -0.05) is 38.3 Å². The highest BCUT2D eigenvalue weighted by molar-refractivity contribution is 8.93. The van der Waals surface area contributed by atoms with E-state index < -0.39 is 0 Å². The van der Waals surface area contributed by atoms with Crippen LogP contribution in [0.3, 0.4) is 0 Å². The molecule has 0 bridgehead atoms. The molecule has 0 unspecified atom stereocenters. The molecule has 0 fully saturated rings. The second kappa shape index (κ2) is 15.1. The van der Waals surface area contributed by atoms with Crippen LogP contribution in [0.25, 0.3) is 0 Å². The van der Waals surface area contributed by atoms with Crippen molar-refractivity contribution in [3.8, 4) is 5.75 Å². The molecule has 4 nitrogen and oxygen atoms in total. The van der Waals surface area contributed by atoms with Crippen molar-refractivity contribution in [1.82, 2.24) is 5.32 Å². The molecule has 0 radical (unpaired) electrons. The fourth-order valence-electron chi connectivity index (χ4n) is 3.09. The summed E-state index contributed by atoms with van der Waals surface area (Å²) in [5.74, 6) is 0.880. The molecule has 0 amide bonds. The van der Waals surface area contributed by atoms with Crippen molar-refractivity contribution in [2.45, 2.75) is 78.2 Å². The highest BCUT2D eigenvalue weighted by atomic mass is 79.9. The number of benzene rings is 2. The number of nitrogens with one attached hydrogen (secondary N) is 1. The number of rotatable bonds is 13. The summed E-state index contributed by atoms with van der Waals surface area (Å²) in [5, 5.41) is 12.2. The number of hydrogen-bond acceptors (Lipinski definition) is 4. The molecule has 1 N–H and O–H groups in total. The van der Waals surface area contributed by atoms with Gasteiger partial charge in [0.2, 0.25) is 0 Å². The summed E-state index contributed by atoms with van der Waals surface area (Å²) < 4.78 is 5.82. The molecule has 2 aromatic carbocycles. The van der Waals surface area contributed by atoms with Gasteiger partial charge in [-0.15, -0.1) is 17.0 Å². The zero-order valence-corrected chi connectivity index (χ0v) is 21.4. The fourth-order valence-corrected chi connectivity index (χ4v) is 3.09. The van der Waals surface area contributed by atoms with Crippen molar-refractivity contribution in [3.05, 3.63) is 54.1 Å². The normalized spacial score (nSPS) is 11.5. The van der Waals surface area contributed by atoms with Crippen LogP contribution in [0.4, 0.5) is 11.4 Å². The second-order valence-electron chi connectivity index (χ2n) is 8.90. The van der Waals surface area contributed by atoms with Gasteiger partial charge < -0.3 is 10.1 Å². The highest BCUT2D eigenvalue weighted by Crippen LogP contribution is 2.22. The van der Waals surface area contributed by atoms with Crippen LogP contribution < -0.4 is 10.1 Å². The van der Waals surface area contributed by atoms with Crippen molar-refractivity contribution in [2.75, 3.05) is 13.2 Å². The molecular weight excluding hydrogens is 450 g/mol. The number of unbranched alkanes of at least 4 members (excludes halogenated alkanes) is 4. The predicted molar refractivity (Wildman–Crippen MR) is 138 cm³/mol. The van der Waals surface area contributed by atoms with E-state index in [0.29, 0.717) is 0 Å². The molecular formula is C26H40BrN3O. The first kappa shape index (κ1) is 27.3. The van der Waals surface area contributed by atoms with Crippen LogP contribution in [0.2, 0.25) is 0 Å². The van der Waals surface area contributed by atoms with Gasteiger partial charge in [0.15, 0.2) is 0 Å². The molecule has 0 aliphatic carbocycles. The average Bonchev–Trinajstić information content (AvgIpc) is 2.73. The summed E-state index contributed by atoms with van der Waals surface area (Å²) in [6.07, 6.45) is 8.47. The van der Waals surface area contributed by atoms with E-state index in [1.807, 2.05) is 36.4 Å². The van der Waals surface area contributed by atoms with Crippen molar-refractivity contribution < 1.29 is 4.74 Å². The Morgan fingerprint density at radius 1 is 0.774 bits per heavy atom. The molecule has 0 aliphatic rings. The average molecular weight is 491 g/mol. The van der Waals surface area contributed by atoms with Crippen LogP contribution in [0.1, 0.15) is 71.8 Å². The maximum atomic E-state index is 5.82. The number of aryl methyl sites for hydroxylation is 1. The summed E-state index contributed by atoms with van der Waals surface area (Å²) in [6.45, 7) is 10.6. The van der Waals surface area contributed by atoms with Gasteiger partial charge in [-0.05, 0) is 95.0 Å². The first-order valence-electron chi connectivity index (χ1n) is 11.4. The summed E-state index contributed by atoms with van der Waals surface area (Å²) in [7, 11) is 0. The predicted octanol–water partition coefficient (Wildman–Crippen LogP) is 8.35. The first-order chi connectivity index (χ1) is 14.5. The Bertz CT molecular complexity index is 737. The lowest BCUT2D eigenvalue weighted by Crippen LogP contribution is -2.36. The van der Waals surface area contributed by atoms with Crippen LogP contribution in [0.5, 0.6) is 5.75 Å². The molecule has 0 spiro atoms. The maximum absolute atomic E-state index is 5.82. The lowest BCUT2D eigenvalue weighted by atomic mass is 10.1. The molecule has 0 saturated heterocycles. The minimum absolute atomic E-state index is 0. The van der Waals surface area contributed by atoms with Crippen molar-refractivity contribution in [3.63, 3.8) is 0 Å². The largest absolute Gasteiger partial charge is 0.494 e. The molecule has 2 rings (SSSR count). The van der Waals surface area contributed by atoms with Crippen molar-refractivity contribution in [1.29, 1.82) is 0 Å². The summed E-state index contributed by atoms with van der Waals surface area (Å²) in [6, 6.07) is 16.2. The van der Waals surface area contributed by atoms with Gasteiger partial charge in [0.05, 0.1) is 18.0 Å². The summed E-state index contributed by atoms with van der Waals surface area (Å²) >= 11 is 0. The second-order valence-corrected chi connectivity index (χ2v) is 8.90. The van der Waals surface area contributed by atoms with E-state index in [1.165, 1.54) is 31.2 Å². The van der Waals surface area contributed by atoms with E-state index in [1.54, 1.807) is 0 Å². The third-order valence-corrected chi connectivity index (χ3v) is 4.87. The number of hydrogen-bond donors (Lipinski definition) is 1. The van der Waals surface area contributed by atoms with Crippen molar-refractivity contribution >= 4 is 28.4 Å². The van der Waals surface area contributed by atoms with Crippen LogP contribution in [-0.2, 0) is 6.42 Å². The number of halogens is 1. The lowest BCUT2D eigenvalue weighted by Gasteiger charge is -2.20. The Labute approximate surface area is 199 Å². The monoisotopic (exact) mass is 489 g/mol. The number of ether oxygens (including phenoxy) is 1. The molecule has 0 atom stereocenters. The zero-order valence-electron chi connectivity index (χ0n) is 19.7. The van der Waals surface area contributed by atoms with Gasteiger partial charge in [-0.3, -0.25) is 0 Å². The Morgan fingerprint density at radius 2 is 1.39 bits per heavy atom. The summed E-state index contributed by atoms with van der Waals surface area (Å²) in [4.78, 5) is 0. The molecule has 0 aromatic heterocycles. The number of nitrogens with zero attached hydrogens (tertiary/aromatic N) is 2. The molecule has 0 saturated carbocycles. The molecule has 172 valence electrons. The maximum Gasteiger partial charge on any atom is 0.119 e. The third kappa shape index (κ3) is 12.7. The number of azo groups is 1. The Hall–Kier alpha value is -1.72. The van der Waals surface area contributed by atoms with Gasteiger partial charge in [-0.2, -0.15) is 10.2 Å². The Balaban J connectivity index is 0.00000480. The minimum atomic E-state index is 0. The SMILES string of the molecule is Br.CCCCCCc1ccc(N=Nc2ccc(OCCCCNC(C)(C)C)cc2)cc1. The molecule has 0 heterocycles. The Morgan fingerprint density at radius 3 is 1.97 bits per heavy atom. The summed E-state index contributed by atoms with van der Waals surface area (Å²) in [5.41, 5.74) is 3.28. The van der Waals surface area contributed by atoms with Gasteiger partial charge in [0, 0.05) is 5.54 Å². The standard InChI is InChI=1S/C26H39N3O.BrH/c1-5-6-7-8-11-22-12-14-23(15-13-22)28-29-24-16-18-25(19-17-24)30-21-10-9-20-27-26(2,3)4;/h12-19,27H,5-11,20-21H2,1-4H3;1H. The smallest absolute Gasteiger partial charge is 0.119 e. The quantitative estimate of drug-likeness (QED) is 0.227. The van der Waals surface area contributed by atoms with Gasteiger partial charge >= 0.3 is 0 Å². The van der Waals surface area contributed by atoms with Crippen LogP contribution >= 0.6 is 17.0 Å². The van der Waals surface area contributed by atoms with E-state index in [0.717, 1.165) is 49.5 Å². The van der Waals surface area contributed by atoms with Crippen molar-refractivity contribution in [2.24, 2.45) is 10.2 Å². The van der Waals surface area contributed by atoms with Gasteiger partial charge in [0.25, 0.3) is 0 Å². The van der Waals surface area contributed by atoms with Gasteiger partial charge in [-0.25, -0.2) is 0 Å².